The summed E-state index contributed by atoms with van der Waals surface area (Å²) in [4.78, 5) is 52.2. The summed E-state index contributed by atoms with van der Waals surface area (Å²) in [5.74, 6) is 0.686. The summed E-state index contributed by atoms with van der Waals surface area (Å²) in [6.07, 6.45) is 5.77. The van der Waals surface area contributed by atoms with Crippen LogP contribution < -0.4 is 15.1 Å². The highest BCUT2D eigenvalue weighted by Gasteiger charge is 2.38. The van der Waals surface area contributed by atoms with Crippen LogP contribution in [0.15, 0.2) is 18.2 Å². The van der Waals surface area contributed by atoms with Crippen LogP contribution in [-0.4, -0.2) is 69.2 Å². The Morgan fingerprint density at radius 1 is 1.09 bits per heavy atom. The topological polar surface area (TPSA) is 90.0 Å². The van der Waals surface area contributed by atoms with Gasteiger partial charge in [0.2, 0.25) is 18.2 Å². The molecule has 2 saturated heterocycles. The summed E-state index contributed by atoms with van der Waals surface area (Å²) in [5.41, 5.74) is 2.76. The molecule has 32 heavy (non-hydrogen) atoms. The van der Waals surface area contributed by atoms with Gasteiger partial charge in [-0.1, -0.05) is 6.07 Å². The van der Waals surface area contributed by atoms with Crippen molar-refractivity contribution in [1.82, 2.24) is 10.2 Å². The smallest absolute Gasteiger partial charge is 0.249 e. The van der Waals surface area contributed by atoms with Crippen LogP contribution in [0.2, 0.25) is 0 Å². The van der Waals surface area contributed by atoms with Gasteiger partial charge in [0.25, 0.3) is 0 Å². The zero-order valence-electron chi connectivity index (χ0n) is 18.8. The molecule has 2 heterocycles. The van der Waals surface area contributed by atoms with Crippen molar-refractivity contribution in [3.63, 3.8) is 0 Å². The molecule has 8 nitrogen and oxygen atoms in total. The Hall–Kier alpha value is -2.74. The Morgan fingerprint density at radius 2 is 1.84 bits per heavy atom. The molecule has 4 rings (SSSR count). The fourth-order valence-corrected chi connectivity index (χ4v) is 5.08. The number of piperidine rings is 2. The predicted molar refractivity (Wildman–Crippen MR) is 122 cm³/mol. The standard InChI is InChI=1S/C24H32N4O4/c1-26(15-30)22-12-17(16-7-9-28(10-8-16)13-18-11-19(18)14-29)3-4-20(22)27(2)21-5-6-23(31)25-24(21)32/h3-4,12,14-16,18-19,21H,5-11,13H2,1-2H3,(H,25,31,32). The number of amides is 3. The quantitative estimate of drug-likeness (QED) is 0.487. The molecule has 1 saturated carbocycles. The van der Waals surface area contributed by atoms with Crippen LogP contribution >= 0.6 is 0 Å². The fraction of sp³-hybridized carbons (Fsp3) is 0.583. The van der Waals surface area contributed by atoms with Gasteiger partial charge in [-0.05, 0) is 68.3 Å². The molecular formula is C24H32N4O4. The first-order chi connectivity index (χ1) is 15.4. The number of carbonyl (C=O) groups excluding carboxylic acids is 4. The van der Waals surface area contributed by atoms with Crippen molar-refractivity contribution in [1.29, 1.82) is 0 Å². The van der Waals surface area contributed by atoms with Crippen molar-refractivity contribution >= 4 is 35.9 Å². The Bertz CT molecular complexity index is 896. The van der Waals surface area contributed by atoms with E-state index in [1.54, 1.807) is 11.9 Å². The van der Waals surface area contributed by atoms with Gasteiger partial charge >= 0.3 is 0 Å². The zero-order valence-corrected chi connectivity index (χ0v) is 18.8. The van der Waals surface area contributed by atoms with Gasteiger partial charge in [-0.15, -0.1) is 0 Å². The number of likely N-dealkylation sites (N-methyl/N-ethyl adjacent to an activating group) is 1. The van der Waals surface area contributed by atoms with Crippen LogP contribution in [0.5, 0.6) is 0 Å². The van der Waals surface area contributed by atoms with Crippen LogP contribution in [-0.2, 0) is 19.2 Å². The largest absolute Gasteiger partial charge is 0.361 e. The molecule has 0 radical (unpaired) electrons. The third kappa shape index (κ3) is 4.70. The number of hydrogen-bond donors (Lipinski definition) is 1. The third-order valence-corrected chi connectivity index (χ3v) is 7.30. The minimum Gasteiger partial charge on any atom is -0.361 e. The van der Waals surface area contributed by atoms with E-state index in [9.17, 15) is 19.2 Å². The van der Waals surface area contributed by atoms with E-state index in [1.165, 1.54) is 5.56 Å². The molecule has 3 aliphatic rings. The van der Waals surface area contributed by atoms with Gasteiger partial charge < -0.3 is 19.5 Å². The Morgan fingerprint density at radius 3 is 2.47 bits per heavy atom. The number of anilines is 2. The van der Waals surface area contributed by atoms with Crippen molar-refractivity contribution in [3.05, 3.63) is 23.8 Å². The van der Waals surface area contributed by atoms with E-state index in [0.29, 0.717) is 24.7 Å². The number of carbonyl (C=O) groups is 4. The van der Waals surface area contributed by atoms with E-state index in [-0.39, 0.29) is 17.7 Å². The first kappa shape index (κ1) is 22.5. The van der Waals surface area contributed by atoms with Crippen molar-refractivity contribution in [3.8, 4) is 0 Å². The molecule has 0 bridgehead atoms. The van der Waals surface area contributed by atoms with E-state index in [4.69, 9.17) is 0 Å². The molecule has 3 amide bonds. The van der Waals surface area contributed by atoms with E-state index < -0.39 is 6.04 Å². The van der Waals surface area contributed by atoms with Gasteiger partial charge in [0, 0.05) is 33.0 Å². The Kier molecular flexibility index (Phi) is 6.60. The average Bonchev–Trinajstić information content (AvgIpc) is 3.56. The first-order valence-corrected chi connectivity index (χ1v) is 11.5. The summed E-state index contributed by atoms with van der Waals surface area (Å²) in [6, 6.07) is 5.71. The number of benzene rings is 1. The molecule has 0 spiro atoms. The number of nitrogens with one attached hydrogen (secondary N) is 1. The highest BCUT2D eigenvalue weighted by Crippen LogP contribution is 2.39. The lowest BCUT2D eigenvalue weighted by atomic mass is 9.88. The molecule has 3 atom stereocenters. The van der Waals surface area contributed by atoms with E-state index >= 15 is 0 Å². The molecular weight excluding hydrogens is 408 g/mol. The molecule has 2 aliphatic heterocycles. The molecule has 1 N–H and O–H groups in total. The Labute approximate surface area is 188 Å². The van der Waals surface area contributed by atoms with Crippen molar-refractivity contribution < 1.29 is 19.2 Å². The van der Waals surface area contributed by atoms with E-state index in [2.05, 4.69) is 22.3 Å². The molecule has 0 aromatic heterocycles. The van der Waals surface area contributed by atoms with Gasteiger partial charge in [0.15, 0.2) is 0 Å². The van der Waals surface area contributed by atoms with Crippen molar-refractivity contribution in [2.45, 2.75) is 44.1 Å². The Balaban J connectivity index is 1.46. The second kappa shape index (κ2) is 9.40. The lowest BCUT2D eigenvalue weighted by Crippen LogP contribution is -2.51. The second-order valence-electron chi connectivity index (χ2n) is 9.41. The number of imide groups is 1. The highest BCUT2D eigenvalue weighted by molar-refractivity contribution is 6.02. The average molecular weight is 441 g/mol. The van der Waals surface area contributed by atoms with Gasteiger partial charge in [0.05, 0.1) is 11.4 Å². The molecule has 1 aromatic carbocycles. The minimum atomic E-state index is -0.446. The monoisotopic (exact) mass is 440 g/mol. The zero-order chi connectivity index (χ0) is 22.8. The molecule has 1 aliphatic carbocycles. The predicted octanol–water partition coefficient (Wildman–Crippen LogP) is 1.54. The summed E-state index contributed by atoms with van der Waals surface area (Å²) < 4.78 is 0. The van der Waals surface area contributed by atoms with Crippen molar-refractivity contribution in [2.24, 2.45) is 11.8 Å². The van der Waals surface area contributed by atoms with Crippen LogP contribution in [0, 0.1) is 11.8 Å². The van der Waals surface area contributed by atoms with Gasteiger partial charge in [0.1, 0.15) is 12.3 Å². The lowest BCUT2D eigenvalue weighted by Gasteiger charge is -2.35. The first-order valence-electron chi connectivity index (χ1n) is 11.5. The normalized spacial score (nSPS) is 26.4. The minimum absolute atomic E-state index is 0.241. The van der Waals surface area contributed by atoms with Gasteiger partial charge in [-0.2, -0.15) is 0 Å². The molecule has 3 unspecified atom stereocenters. The lowest BCUT2D eigenvalue weighted by molar-refractivity contribution is -0.134. The number of aldehydes is 1. The molecule has 8 heteroatoms. The maximum absolute atomic E-state index is 12.4. The van der Waals surface area contributed by atoms with Gasteiger partial charge in [-0.3, -0.25) is 19.7 Å². The van der Waals surface area contributed by atoms with Crippen molar-refractivity contribution in [2.75, 3.05) is 43.5 Å². The fourth-order valence-electron chi connectivity index (χ4n) is 5.08. The summed E-state index contributed by atoms with van der Waals surface area (Å²) >= 11 is 0. The number of nitrogens with zero attached hydrogens (tertiary/aromatic N) is 3. The van der Waals surface area contributed by atoms with Crippen LogP contribution in [0.1, 0.15) is 43.6 Å². The third-order valence-electron chi connectivity index (χ3n) is 7.30. The van der Waals surface area contributed by atoms with E-state index in [1.807, 2.05) is 18.0 Å². The highest BCUT2D eigenvalue weighted by atomic mass is 16.2. The number of rotatable bonds is 8. The molecule has 172 valence electrons. The molecule has 3 fully saturated rings. The second-order valence-corrected chi connectivity index (χ2v) is 9.41. The SMILES string of the molecule is CN(C=O)c1cc(C2CCN(CC3CC3C=O)CC2)ccc1N(C)C1CCC(=O)NC1=O. The van der Waals surface area contributed by atoms with Crippen LogP contribution in [0.3, 0.4) is 0 Å². The van der Waals surface area contributed by atoms with Gasteiger partial charge in [-0.25, -0.2) is 0 Å². The van der Waals surface area contributed by atoms with E-state index in [0.717, 1.165) is 63.0 Å². The summed E-state index contributed by atoms with van der Waals surface area (Å²) in [5, 5.41) is 2.41. The maximum Gasteiger partial charge on any atom is 0.249 e. The summed E-state index contributed by atoms with van der Waals surface area (Å²) in [7, 11) is 3.55. The van der Waals surface area contributed by atoms with Crippen LogP contribution in [0.4, 0.5) is 11.4 Å². The number of hydrogen-bond acceptors (Lipinski definition) is 6. The van der Waals surface area contributed by atoms with Crippen LogP contribution in [0.25, 0.3) is 0 Å². The molecule has 1 aromatic rings. The summed E-state index contributed by atoms with van der Waals surface area (Å²) in [6.45, 7) is 3.05. The number of likely N-dealkylation sites (tertiary alicyclic amines) is 1. The maximum atomic E-state index is 12.4.